The number of benzene rings is 1. The lowest BCUT2D eigenvalue weighted by atomic mass is 10.2. The molecule has 0 aromatic heterocycles. The normalized spacial score (nSPS) is 10.8. The van der Waals surface area contributed by atoms with Gasteiger partial charge in [0.25, 0.3) is 0 Å². The van der Waals surface area contributed by atoms with Gasteiger partial charge in [0, 0.05) is 12.5 Å². The number of hydrogen-bond acceptors (Lipinski definition) is 8. The third-order valence-corrected chi connectivity index (χ3v) is 3.74. The summed E-state index contributed by atoms with van der Waals surface area (Å²) in [5.74, 6) is -0.0922. The maximum atomic E-state index is 11.9. The number of carbonyl (C=O) groups is 2. The van der Waals surface area contributed by atoms with Gasteiger partial charge in [-0.25, -0.2) is 4.79 Å². The van der Waals surface area contributed by atoms with Crippen LogP contribution in [0.25, 0.3) is 6.08 Å². The summed E-state index contributed by atoms with van der Waals surface area (Å²) in [6, 6.07) is 4.99. The van der Waals surface area contributed by atoms with E-state index in [1.54, 1.807) is 24.3 Å². The van der Waals surface area contributed by atoms with Gasteiger partial charge in [0.1, 0.15) is 6.61 Å². The molecule has 0 saturated carbocycles. The summed E-state index contributed by atoms with van der Waals surface area (Å²) in [5.41, 5.74) is 0.692. The van der Waals surface area contributed by atoms with Crippen LogP contribution in [0.5, 0.6) is 11.5 Å². The van der Waals surface area contributed by atoms with Gasteiger partial charge >= 0.3 is 11.9 Å². The highest BCUT2D eigenvalue weighted by molar-refractivity contribution is 5.87. The van der Waals surface area contributed by atoms with Crippen LogP contribution in [-0.2, 0) is 19.2 Å². The number of nitrogens with zero attached hydrogens (tertiary/aromatic N) is 1. The molecular formula is C21H27NO7. The molecule has 0 radical (unpaired) electrons. The van der Waals surface area contributed by atoms with Crippen LogP contribution in [0.15, 0.2) is 41.8 Å². The molecule has 0 spiro atoms. The predicted octanol–water partition coefficient (Wildman–Crippen LogP) is 4.38. The Kier molecular flexibility index (Phi) is 12.2. The summed E-state index contributed by atoms with van der Waals surface area (Å²) in [6.45, 7) is 2.35. The summed E-state index contributed by atoms with van der Waals surface area (Å²) in [4.78, 5) is 37.7. The minimum absolute atomic E-state index is 0.198. The monoisotopic (exact) mass is 405 g/mol. The average molecular weight is 405 g/mol. The molecule has 1 aromatic rings. The van der Waals surface area contributed by atoms with E-state index in [9.17, 15) is 14.5 Å². The summed E-state index contributed by atoms with van der Waals surface area (Å²) >= 11 is 0. The number of esters is 2. The molecule has 0 unspecified atom stereocenters. The molecule has 0 N–H and O–H groups in total. The fraction of sp³-hybridized carbons (Fsp3) is 0.429. The maximum Gasteiger partial charge on any atom is 0.330 e. The Balaban J connectivity index is 2.51. The third kappa shape index (κ3) is 10.7. The van der Waals surface area contributed by atoms with Crippen molar-refractivity contribution in [2.24, 2.45) is 5.34 Å². The minimum atomic E-state index is -0.491. The summed E-state index contributed by atoms with van der Waals surface area (Å²) in [6.07, 6.45) is 9.81. The maximum absolute atomic E-state index is 11.9. The van der Waals surface area contributed by atoms with Crippen LogP contribution in [0.4, 0.5) is 0 Å². The first-order chi connectivity index (χ1) is 14.1. The molecule has 0 aliphatic carbocycles. The molecule has 29 heavy (non-hydrogen) atoms. The van der Waals surface area contributed by atoms with Gasteiger partial charge in [0.05, 0.1) is 13.7 Å². The van der Waals surface area contributed by atoms with Crippen molar-refractivity contribution >= 4 is 18.0 Å². The third-order valence-electron chi connectivity index (χ3n) is 3.74. The van der Waals surface area contributed by atoms with Crippen molar-refractivity contribution in [2.75, 3.05) is 20.3 Å². The molecule has 0 atom stereocenters. The highest BCUT2D eigenvalue weighted by Crippen LogP contribution is 2.29. The Labute approximate surface area is 170 Å². The zero-order valence-electron chi connectivity index (χ0n) is 16.8. The van der Waals surface area contributed by atoms with E-state index in [-0.39, 0.29) is 19.2 Å². The zero-order valence-corrected chi connectivity index (χ0v) is 16.8. The smallest absolute Gasteiger partial charge is 0.330 e. The van der Waals surface area contributed by atoms with E-state index >= 15 is 0 Å². The molecule has 0 saturated heterocycles. The van der Waals surface area contributed by atoms with Crippen molar-refractivity contribution in [3.8, 4) is 11.5 Å². The lowest BCUT2D eigenvalue weighted by Gasteiger charge is -2.10. The average Bonchev–Trinajstić information content (AvgIpc) is 2.73. The van der Waals surface area contributed by atoms with E-state index < -0.39 is 5.97 Å². The molecule has 0 aliphatic heterocycles. The van der Waals surface area contributed by atoms with Crippen LogP contribution in [0.2, 0.25) is 0 Å². The first-order valence-electron chi connectivity index (χ1n) is 9.40. The fourth-order valence-electron chi connectivity index (χ4n) is 2.27. The Bertz CT molecular complexity index is 713. The Morgan fingerprint density at radius 3 is 2.62 bits per heavy atom. The van der Waals surface area contributed by atoms with Crippen LogP contribution in [-0.4, -0.2) is 32.3 Å². The Hall–Kier alpha value is -3.16. The fourth-order valence-corrected chi connectivity index (χ4v) is 2.27. The highest BCUT2D eigenvalue weighted by atomic mass is 16.7. The molecule has 0 heterocycles. The van der Waals surface area contributed by atoms with E-state index in [0.29, 0.717) is 36.3 Å². The Morgan fingerprint density at radius 2 is 1.90 bits per heavy atom. The molecule has 8 nitrogen and oxygen atoms in total. The summed E-state index contributed by atoms with van der Waals surface area (Å²) in [7, 11) is 1.48. The van der Waals surface area contributed by atoms with Gasteiger partial charge in [-0.1, -0.05) is 18.2 Å². The lowest BCUT2D eigenvalue weighted by Crippen LogP contribution is -2.08. The van der Waals surface area contributed by atoms with Crippen molar-refractivity contribution < 1.29 is 28.6 Å². The standard InChI is InChI=1S/C21H27NO7/c1-3-4-5-6-9-21(24)29-18-12-10-17(16-19(18)26-2)11-13-20(23)27-14-7-8-15-28-22-25/h3-4,10-13,16H,5-9,14-15H2,1-2H3/b4-3-,13-11+. The lowest BCUT2D eigenvalue weighted by molar-refractivity contribution is -0.138. The van der Waals surface area contributed by atoms with Gasteiger partial charge in [-0.3, -0.25) is 4.79 Å². The number of rotatable bonds is 14. The highest BCUT2D eigenvalue weighted by Gasteiger charge is 2.10. The molecule has 0 bridgehead atoms. The van der Waals surface area contributed by atoms with Crippen molar-refractivity contribution in [2.45, 2.75) is 39.0 Å². The van der Waals surface area contributed by atoms with Gasteiger partial charge < -0.3 is 19.0 Å². The van der Waals surface area contributed by atoms with E-state index in [1.165, 1.54) is 13.2 Å². The number of carbonyl (C=O) groups excluding carboxylic acids is 2. The van der Waals surface area contributed by atoms with Crippen molar-refractivity contribution in [3.63, 3.8) is 0 Å². The second kappa shape index (κ2) is 14.8. The van der Waals surface area contributed by atoms with Crippen molar-refractivity contribution in [3.05, 3.63) is 46.9 Å². The SMILES string of the molecule is C/C=C\CCCC(=O)Oc1ccc(/C=C/C(=O)OCCCCON=O)cc1OC. The van der Waals surface area contributed by atoms with Gasteiger partial charge in [-0.15, -0.1) is 4.91 Å². The van der Waals surface area contributed by atoms with Crippen LogP contribution in [0.3, 0.4) is 0 Å². The topological polar surface area (TPSA) is 100 Å². The van der Waals surface area contributed by atoms with Crippen LogP contribution in [0.1, 0.15) is 44.6 Å². The van der Waals surface area contributed by atoms with Crippen LogP contribution < -0.4 is 9.47 Å². The minimum Gasteiger partial charge on any atom is -0.493 e. The molecule has 1 aromatic carbocycles. The van der Waals surface area contributed by atoms with Gasteiger partial charge in [0.15, 0.2) is 16.8 Å². The molecule has 0 fully saturated rings. The van der Waals surface area contributed by atoms with Gasteiger partial charge in [-0.2, -0.15) is 0 Å². The van der Waals surface area contributed by atoms with Gasteiger partial charge in [-0.05, 0) is 56.4 Å². The number of ether oxygens (including phenoxy) is 3. The number of allylic oxidation sites excluding steroid dienone is 2. The second-order valence-electron chi connectivity index (χ2n) is 5.96. The van der Waals surface area contributed by atoms with E-state index in [4.69, 9.17) is 14.2 Å². The van der Waals surface area contributed by atoms with Crippen LogP contribution in [0, 0.1) is 4.91 Å². The molecular weight excluding hydrogens is 378 g/mol. The molecule has 0 amide bonds. The molecule has 1 rings (SSSR count). The second-order valence-corrected chi connectivity index (χ2v) is 5.96. The number of hydrogen-bond donors (Lipinski definition) is 0. The first kappa shape index (κ1) is 23.9. The molecule has 0 aliphatic rings. The van der Waals surface area contributed by atoms with Crippen molar-refractivity contribution in [1.29, 1.82) is 0 Å². The van der Waals surface area contributed by atoms with Crippen LogP contribution >= 0.6 is 0 Å². The summed E-state index contributed by atoms with van der Waals surface area (Å²) in [5, 5.41) is 2.28. The van der Waals surface area contributed by atoms with Crippen molar-refractivity contribution in [1.82, 2.24) is 0 Å². The Morgan fingerprint density at radius 1 is 1.10 bits per heavy atom. The van der Waals surface area contributed by atoms with E-state index in [1.807, 2.05) is 19.1 Å². The molecule has 8 heteroatoms. The quantitative estimate of drug-likeness (QED) is 0.0861. The zero-order chi connectivity index (χ0) is 21.3. The van der Waals surface area contributed by atoms with E-state index in [0.717, 1.165) is 12.8 Å². The molecule has 158 valence electrons. The van der Waals surface area contributed by atoms with Gasteiger partial charge in [0.2, 0.25) is 0 Å². The first-order valence-corrected chi connectivity index (χ1v) is 9.40. The van der Waals surface area contributed by atoms with E-state index in [2.05, 4.69) is 10.2 Å². The number of unbranched alkanes of at least 4 members (excludes halogenated alkanes) is 2. The summed E-state index contributed by atoms with van der Waals surface area (Å²) < 4.78 is 15.7. The predicted molar refractivity (Wildman–Crippen MR) is 108 cm³/mol. The largest absolute Gasteiger partial charge is 0.493 e. The number of methoxy groups -OCH3 is 1.